The zero-order chi connectivity index (χ0) is 13.2. The highest BCUT2D eigenvalue weighted by Gasteiger charge is 2.14. The molecule has 1 aromatic carbocycles. The second kappa shape index (κ2) is 4.82. The summed E-state index contributed by atoms with van der Waals surface area (Å²) >= 11 is 0. The standard InChI is InChI=1S/C15H15N3O/c1-10-14(3-2-6-17-10)18-15(19)11-4-5-12-8-16-9-13(12)7-11/h2-7,16H,8-9H2,1H3,(H,18,19). The van der Waals surface area contributed by atoms with Crippen molar-refractivity contribution in [3.8, 4) is 0 Å². The molecule has 3 rings (SSSR count). The summed E-state index contributed by atoms with van der Waals surface area (Å²) in [5.74, 6) is -0.0919. The lowest BCUT2D eigenvalue weighted by Gasteiger charge is -2.08. The van der Waals surface area contributed by atoms with Crippen LogP contribution < -0.4 is 10.6 Å². The molecule has 2 N–H and O–H groups in total. The van der Waals surface area contributed by atoms with Gasteiger partial charge in [0.2, 0.25) is 0 Å². The average Bonchev–Trinajstić information content (AvgIpc) is 2.88. The Labute approximate surface area is 111 Å². The first-order valence-corrected chi connectivity index (χ1v) is 6.29. The van der Waals surface area contributed by atoms with E-state index in [0.717, 1.165) is 24.5 Å². The molecule has 4 nitrogen and oxygen atoms in total. The summed E-state index contributed by atoms with van der Waals surface area (Å²) in [5, 5.41) is 6.17. The lowest BCUT2D eigenvalue weighted by atomic mass is 10.1. The third kappa shape index (κ3) is 2.35. The maximum absolute atomic E-state index is 12.2. The summed E-state index contributed by atoms with van der Waals surface area (Å²) in [7, 11) is 0. The Morgan fingerprint density at radius 1 is 1.26 bits per heavy atom. The van der Waals surface area contributed by atoms with Crippen LogP contribution in [0, 0.1) is 6.92 Å². The van der Waals surface area contributed by atoms with Crippen molar-refractivity contribution in [1.29, 1.82) is 0 Å². The number of nitrogens with one attached hydrogen (secondary N) is 2. The van der Waals surface area contributed by atoms with Crippen molar-refractivity contribution < 1.29 is 4.79 Å². The molecule has 0 atom stereocenters. The number of nitrogens with zero attached hydrogens (tertiary/aromatic N) is 1. The number of hydrogen-bond donors (Lipinski definition) is 2. The van der Waals surface area contributed by atoms with E-state index in [1.165, 1.54) is 11.1 Å². The lowest BCUT2D eigenvalue weighted by Crippen LogP contribution is -2.13. The van der Waals surface area contributed by atoms with E-state index in [1.54, 1.807) is 6.20 Å². The molecule has 1 aliphatic rings. The molecule has 0 aliphatic carbocycles. The van der Waals surface area contributed by atoms with Gasteiger partial charge in [-0.25, -0.2) is 0 Å². The van der Waals surface area contributed by atoms with Crippen molar-refractivity contribution in [3.05, 3.63) is 58.9 Å². The van der Waals surface area contributed by atoms with Gasteiger partial charge in [-0.1, -0.05) is 6.07 Å². The first-order valence-electron chi connectivity index (χ1n) is 6.29. The Kier molecular flexibility index (Phi) is 3.01. The van der Waals surface area contributed by atoms with Gasteiger partial charge in [-0.2, -0.15) is 0 Å². The van der Waals surface area contributed by atoms with Crippen LogP contribution in [0.1, 0.15) is 27.2 Å². The molecule has 1 amide bonds. The summed E-state index contributed by atoms with van der Waals surface area (Å²) in [4.78, 5) is 16.4. The topological polar surface area (TPSA) is 54.0 Å². The van der Waals surface area contributed by atoms with Crippen LogP contribution in [0.15, 0.2) is 36.5 Å². The molecule has 0 spiro atoms. The quantitative estimate of drug-likeness (QED) is 0.863. The van der Waals surface area contributed by atoms with E-state index in [1.807, 2.05) is 37.3 Å². The molecule has 0 fully saturated rings. The van der Waals surface area contributed by atoms with Crippen LogP contribution >= 0.6 is 0 Å². The number of fused-ring (bicyclic) bond motifs is 1. The van der Waals surface area contributed by atoms with Crippen LogP contribution in [0.5, 0.6) is 0 Å². The summed E-state index contributed by atoms with van der Waals surface area (Å²) < 4.78 is 0. The highest BCUT2D eigenvalue weighted by molar-refractivity contribution is 6.04. The van der Waals surface area contributed by atoms with Gasteiger partial charge in [0, 0.05) is 24.8 Å². The summed E-state index contributed by atoms with van der Waals surface area (Å²) in [5.41, 5.74) is 4.74. The summed E-state index contributed by atoms with van der Waals surface area (Å²) in [6.07, 6.45) is 1.71. The monoisotopic (exact) mass is 253 g/mol. The van der Waals surface area contributed by atoms with Gasteiger partial charge >= 0.3 is 0 Å². The number of carbonyl (C=O) groups excluding carboxylic acids is 1. The fourth-order valence-corrected chi connectivity index (χ4v) is 2.25. The van der Waals surface area contributed by atoms with E-state index in [2.05, 4.69) is 15.6 Å². The van der Waals surface area contributed by atoms with Gasteiger partial charge in [-0.05, 0) is 42.3 Å². The molecular formula is C15H15N3O. The fourth-order valence-electron chi connectivity index (χ4n) is 2.25. The SMILES string of the molecule is Cc1ncccc1NC(=O)c1ccc2c(c1)CNC2. The van der Waals surface area contributed by atoms with Crippen LogP contribution in [0.4, 0.5) is 5.69 Å². The number of pyridine rings is 1. The Bertz CT molecular complexity index is 637. The van der Waals surface area contributed by atoms with Crippen molar-refractivity contribution in [2.75, 3.05) is 5.32 Å². The molecule has 19 heavy (non-hydrogen) atoms. The van der Waals surface area contributed by atoms with E-state index in [9.17, 15) is 4.79 Å². The zero-order valence-corrected chi connectivity index (χ0v) is 10.7. The van der Waals surface area contributed by atoms with E-state index in [-0.39, 0.29) is 5.91 Å². The molecule has 0 bridgehead atoms. The molecule has 0 radical (unpaired) electrons. The minimum Gasteiger partial charge on any atom is -0.320 e. The molecule has 96 valence electrons. The van der Waals surface area contributed by atoms with Crippen LogP contribution in [0.25, 0.3) is 0 Å². The first kappa shape index (κ1) is 11.9. The van der Waals surface area contributed by atoms with E-state index in [4.69, 9.17) is 0 Å². The third-order valence-corrected chi connectivity index (χ3v) is 3.35. The van der Waals surface area contributed by atoms with E-state index in [0.29, 0.717) is 5.56 Å². The molecule has 0 saturated carbocycles. The number of aryl methyl sites for hydroxylation is 1. The first-order chi connectivity index (χ1) is 9.24. The Morgan fingerprint density at radius 2 is 2.11 bits per heavy atom. The highest BCUT2D eigenvalue weighted by atomic mass is 16.1. The molecule has 4 heteroatoms. The van der Waals surface area contributed by atoms with Crippen LogP contribution in [-0.4, -0.2) is 10.9 Å². The number of rotatable bonds is 2. The number of amides is 1. The predicted molar refractivity (Wildman–Crippen MR) is 73.9 cm³/mol. The molecule has 0 saturated heterocycles. The third-order valence-electron chi connectivity index (χ3n) is 3.35. The zero-order valence-electron chi connectivity index (χ0n) is 10.7. The largest absolute Gasteiger partial charge is 0.320 e. The second-order valence-electron chi connectivity index (χ2n) is 4.68. The van der Waals surface area contributed by atoms with Gasteiger partial charge in [-0.15, -0.1) is 0 Å². The number of hydrogen-bond acceptors (Lipinski definition) is 3. The lowest BCUT2D eigenvalue weighted by molar-refractivity contribution is 0.102. The van der Waals surface area contributed by atoms with Gasteiger partial charge in [0.1, 0.15) is 0 Å². The van der Waals surface area contributed by atoms with E-state index >= 15 is 0 Å². The Hall–Kier alpha value is -2.20. The number of anilines is 1. The Balaban J connectivity index is 1.83. The van der Waals surface area contributed by atoms with Crippen LogP contribution in [0.2, 0.25) is 0 Å². The summed E-state index contributed by atoms with van der Waals surface area (Å²) in [6.45, 7) is 3.60. The number of aromatic nitrogens is 1. The minimum absolute atomic E-state index is 0.0919. The average molecular weight is 253 g/mol. The van der Waals surface area contributed by atoms with Crippen molar-refractivity contribution >= 4 is 11.6 Å². The van der Waals surface area contributed by atoms with Gasteiger partial charge < -0.3 is 10.6 Å². The minimum atomic E-state index is -0.0919. The predicted octanol–water partition coefficient (Wildman–Crippen LogP) is 2.25. The number of benzene rings is 1. The van der Waals surface area contributed by atoms with Gasteiger partial charge in [0.25, 0.3) is 5.91 Å². The van der Waals surface area contributed by atoms with Gasteiger partial charge in [-0.3, -0.25) is 9.78 Å². The smallest absolute Gasteiger partial charge is 0.255 e. The molecular weight excluding hydrogens is 238 g/mol. The van der Waals surface area contributed by atoms with Gasteiger partial charge in [0.15, 0.2) is 0 Å². The summed E-state index contributed by atoms with van der Waals surface area (Å²) in [6, 6.07) is 9.51. The molecule has 1 aliphatic heterocycles. The van der Waals surface area contributed by atoms with Crippen molar-refractivity contribution in [2.24, 2.45) is 0 Å². The number of carbonyl (C=O) groups is 1. The van der Waals surface area contributed by atoms with Gasteiger partial charge in [0.05, 0.1) is 11.4 Å². The van der Waals surface area contributed by atoms with Crippen LogP contribution in [-0.2, 0) is 13.1 Å². The maximum atomic E-state index is 12.2. The molecule has 2 aromatic rings. The molecule has 0 unspecified atom stereocenters. The maximum Gasteiger partial charge on any atom is 0.255 e. The van der Waals surface area contributed by atoms with Crippen molar-refractivity contribution in [2.45, 2.75) is 20.0 Å². The normalized spacial score (nSPS) is 13.1. The Morgan fingerprint density at radius 3 is 2.95 bits per heavy atom. The van der Waals surface area contributed by atoms with Crippen LogP contribution in [0.3, 0.4) is 0 Å². The van der Waals surface area contributed by atoms with Crippen molar-refractivity contribution in [3.63, 3.8) is 0 Å². The highest BCUT2D eigenvalue weighted by Crippen LogP contribution is 2.18. The van der Waals surface area contributed by atoms with Crippen molar-refractivity contribution in [1.82, 2.24) is 10.3 Å². The molecule has 2 heterocycles. The van der Waals surface area contributed by atoms with E-state index < -0.39 is 0 Å². The fraction of sp³-hybridized carbons (Fsp3) is 0.200. The molecule has 1 aromatic heterocycles. The second-order valence-corrected chi connectivity index (χ2v) is 4.68.